The number of amides is 1. The highest BCUT2D eigenvalue weighted by Gasteiger charge is 2.80. The molecule has 3 saturated carbocycles. The standard InChI is InChI=1S/C34H32F6N4O7S/c1-17-41-25-13-22(9-11-26(25)43(17)2)52(49,50)44(3)21-7-4-19(5-8-21)32-14-18(16-51-31(36)37)15-33(29(32)47,27(32)28(45)46)30(48)42-24-10-6-20(12-23(24)35)34(38,39)40/h4-13,18,27,29,31,47H,14-16H2,1-3H3,(H,42,48)(H,45,46)/t18?,27-,29?,32-,33+/m0/s1. The van der Waals surface area contributed by atoms with Crippen LogP contribution in [0.5, 0.6) is 0 Å². The number of carbonyl (C=O) groups is 2. The third kappa shape index (κ3) is 5.76. The second-order valence-corrected chi connectivity index (χ2v) is 15.1. The van der Waals surface area contributed by atoms with Crippen molar-refractivity contribution in [1.82, 2.24) is 9.55 Å². The molecule has 2 bridgehead atoms. The van der Waals surface area contributed by atoms with Crippen LogP contribution in [0.1, 0.15) is 29.8 Å². The number of hydrogen-bond acceptors (Lipinski definition) is 7. The van der Waals surface area contributed by atoms with Crippen LogP contribution in [0, 0.1) is 30.0 Å². The molecule has 278 valence electrons. The Kier molecular flexibility index (Phi) is 9.11. The van der Waals surface area contributed by atoms with Gasteiger partial charge in [0.15, 0.2) is 0 Å². The number of benzene rings is 3. The SMILES string of the molecule is Cc1nc2cc(S(=O)(=O)N(C)c3ccc([C@]45CC(COC(F)F)C[C@](C(=O)Nc6ccc(C(F)(F)F)cc6F)(C4O)[C@H]5C(=O)O)cc3)ccc2n1C. The Morgan fingerprint density at radius 3 is 2.37 bits per heavy atom. The van der Waals surface area contributed by atoms with Crippen LogP contribution in [0.25, 0.3) is 11.0 Å². The molecule has 4 aromatic rings. The molecule has 1 amide bonds. The van der Waals surface area contributed by atoms with E-state index in [9.17, 15) is 54.6 Å². The van der Waals surface area contributed by atoms with Crippen molar-refractivity contribution in [3.8, 4) is 0 Å². The molecular formula is C34H32F6N4O7S. The van der Waals surface area contributed by atoms with Crippen LogP contribution in [0.2, 0.25) is 0 Å². The number of ether oxygens (including phenoxy) is 1. The third-order valence-corrected chi connectivity index (χ3v) is 12.2. The first-order valence-electron chi connectivity index (χ1n) is 15.8. The van der Waals surface area contributed by atoms with Crippen molar-refractivity contribution in [2.75, 3.05) is 23.3 Å². The Hall–Kier alpha value is -4.68. The van der Waals surface area contributed by atoms with Crippen molar-refractivity contribution in [3.05, 3.63) is 83.4 Å². The lowest BCUT2D eigenvalue weighted by Gasteiger charge is -2.69. The molecule has 0 radical (unpaired) electrons. The molecule has 0 saturated heterocycles. The topological polar surface area (TPSA) is 151 Å². The number of aliphatic carboxylic acids is 1. The Morgan fingerprint density at radius 1 is 1.10 bits per heavy atom. The van der Waals surface area contributed by atoms with E-state index in [0.717, 1.165) is 4.31 Å². The number of carbonyl (C=O) groups excluding carboxylic acids is 1. The van der Waals surface area contributed by atoms with Gasteiger partial charge in [-0.15, -0.1) is 0 Å². The van der Waals surface area contributed by atoms with E-state index in [0.29, 0.717) is 29.0 Å². The molecule has 5 atom stereocenters. The number of imidazole rings is 1. The summed E-state index contributed by atoms with van der Waals surface area (Å²) in [5, 5.41) is 24.3. The number of aliphatic hydroxyl groups is 1. The molecule has 2 unspecified atom stereocenters. The van der Waals surface area contributed by atoms with Crippen LogP contribution in [0.4, 0.5) is 37.7 Å². The zero-order valence-corrected chi connectivity index (χ0v) is 28.5. The largest absolute Gasteiger partial charge is 0.481 e. The zero-order valence-electron chi connectivity index (χ0n) is 27.7. The third-order valence-electron chi connectivity index (χ3n) is 10.4. The van der Waals surface area contributed by atoms with Crippen molar-refractivity contribution in [2.45, 2.75) is 49.0 Å². The second-order valence-electron chi connectivity index (χ2n) is 13.2. The van der Waals surface area contributed by atoms with Gasteiger partial charge in [0.1, 0.15) is 11.6 Å². The van der Waals surface area contributed by atoms with Crippen molar-refractivity contribution >= 4 is 44.3 Å². The predicted molar refractivity (Wildman–Crippen MR) is 173 cm³/mol. The van der Waals surface area contributed by atoms with Gasteiger partial charge < -0.3 is 24.8 Å². The molecule has 18 heteroatoms. The number of halogens is 6. The van der Waals surface area contributed by atoms with Crippen LogP contribution < -0.4 is 9.62 Å². The molecule has 52 heavy (non-hydrogen) atoms. The Labute approximate surface area is 292 Å². The Morgan fingerprint density at radius 2 is 1.77 bits per heavy atom. The number of aromatic nitrogens is 2. The molecule has 3 aromatic carbocycles. The highest BCUT2D eigenvalue weighted by molar-refractivity contribution is 7.92. The monoisotopic (exact) mass is 754 g/mol. The maximum Gasteiger partial charge on any atom is 0.416 e. The fraction of sp³-hybridized carbons (Fsp3) is 0.382. The summed E-state index contributed by atoms with van der Waals surface area (Å²) in [4.78, 5) is 31.1. The lowest BCUT2D eigenvalue weighted by atomic mass is 9.34. The van der Waals surface area contributed by atoms with Crippen molar-refractivity contribution < 1.29 is 59.3 Å². The number of nitrogens with one attached hydrogen (secondary N) is 1. The number of fused-ring (bicyclic) bond motifs is 3. The highest BCUT2D eigenvalue weighted by atomic mass is 32.2. The molecule has 7 rings (SSSR count). The quantitative estimate of drug-likeness (QED) is 0.181. The fourth-order valence-electron chi connectivity index (χ4n) is 7.95. The number of alkyl halides is 5. The lowest BCUT2D eigenvalue weighted by Crippen LogP contribution is -2.80. The van der Waals surface area contributed by atoms with E-state index in [1.165, 1.54) is 43.4 Å². The molecule has 3 aliphatic carbocycles. The minimum Gasteiger partial charge on any atom is -0.481 e. The van der Waals surface area contributed by atoms with Gasteiger partial charge in [-0.2, -0.15) is 22.0 Å². The molecule has 3 fully saturated rings. The Bertz CT molecular complexity index is 2180. The van der Waals surface area contributed by atoms with Gasteiger partial charge >= 0.3 is 18.8 Å². The number of sulfonamides is 1. The van der Waals surface area contributed by atoms with E-state index in [1.807, 2.05) is 0 Å². The lowest BCUT2D eigenvalue weighted by molar-refractivity contribution is -0.249. The average Bonchev–Trinajstić information content (AvgIpc) is 3.38. The first kappa shape index (κ1) is 37.1. The van der Waals surface area contributed by atoms with Gasteiger partial charge in [-0.3, -0.25) is 13.9 Å². The summed E-state index contributed by atoms with van der Waals surface area (Å²) in [7, 11) is -1.07. The van der Waals surface area contributed by atoms with Crippen LogP contribution in [0.3, 0.4) is 0 Å². The average molecular weight is 755 g/mol. The van der Waals surface area contributed by atoms with E-state index in [-0.39, 0.29) is 28.6 Å². The van der Waals surface area contributed by atoms with Crippen molar-refractivity contribution in [1.29, 1.82) is 0 Å². The number of aryl methyl sites for hydroxylation is 2. The number of carboxylic acid groups (broad SMARTS) is 1. The maximum absolute atomic E-state index is 14.8. The number of hydrogen-bond donors (Lipinski definition) is 3. The zero-order chi connectivity index (χ0) is 38.1. The molecule has 0 aliphatic heterocycles. The van der Waals surface area contributed by atoms with Gasteiger partial charge in [-0.25, -0.2) is 17.8 Å². The van der Waals surface area contributed by atoms with Crippen LogP contribution in [-0.2, 0) is 43.0 Å². The van der Waals surface area contributed by atoms with E-state index in [2.05, 4.69) is 15.0 Å². The second kappa shape index (κ2) is 12.8. The number of carboxylic acids is 1. The normalized spacial score (nSPS) is 24.5. The minimum absolute atomic E-state index is 0.0574. The Balaban J connectivity index is 1.34. The van der Waals surface area contributed by atoms with Crippen molar-refractivity contribution in [3.63, 3.8) is 0 Å². The van der Waals surface area contributed by atoms with Crippen molar-refractivity contribution in [2.24, 2.45) is 24.3 Å². The highest BCUT2D eigenvalue weighted by Crippen LogP contribution is 2.70. The summed E-state index contributed by atoms with van der Waals surface area (Å²) < 4.78 is 115. The first-order valence-corrected chi connectivity index (χ1v) is 17.2. The molecular weight excluding hydrogens is 722 g/mol. The number of nitrogens with zero attached hydrogens (tertiary/aromatic N) is 3. The van der Waals surface area contributed by atoms with E-state index in [4.69, 9.17) is 0 Å². The fourth-order valence-corrected chi connectivity index (χ4v) is 9.17. The van der Waals surface area contributed by atoms with Gasteiger partial charge in [0.2, 0.25) is 5.91 Å². The summed E-state index contributed by atoms with van der Waals surface area (Å²) in [6.07, 6.45) is -7.45. The smallest absolute Gasteiger partial charge is 0.416 e. The van der Waals surface area contributed by atoms with Gasteiger partial charge in [-0.1, -0.05) is 12.1 Å². The molecule has 3 aliphatic rings. The molecule has 1 aromatic heterocycles. The summed E-state index contributed by atoms with van der Waals surface area (Å²) >= 11 is 0. The summed E-state index contributed by atoms with van der Waals surface area (Å²) in [6, 6.07) is 11.2. The van der Waals surface area contributed by atoms with E-state index < -0.39 is 93.6 Å². The maximum atomic E-state index is 14.8. The van der Waals surface area contributed by atoms with Crippen LogP contribution >= 0.6 is 0 Å². The van der Waals surface area contributed by atoms with E-state index in [1.54, 1.807) is 24.6 Å². The molecule has 0 spiro atoms. The predicted octanol–water partition coefficient (Wildman–Crippen LogP) is 5.45. The van der Waals surface area contributed by atoms with Gasteiger partial charge in [-0.05, 0) is 79.8 Å². The molecule has 3 N–H and O–H groups in total. The van der Waals surface area contributed by atoms with E-state index >= 15 is 0 Å². The number of rotatable bonds is 10. The summed E-state index contributed by atoms with van der Waals surface area (Å²) in [6.45, 7) is -2.10. The van der Waals surface area contributed by atoms with Gasteiger partial charge in [0, 0.05) is 19.5 Å². The first-order chi connectivity index (χ1) is 24.2. The molecule has 1 heterocycles. The minimum atomic E-state index is -4.90. The van der Waals surface area contributed by atoms with Crippen LogP contribution in [0.15, 0.2) is 65.6 Å². The van der Waals surface area contributed by atoms with Crippen LogP contribution in [-0.4, -0.2) is 66.4 Å². The van der Waals surface area contributed by atoms with Gasteiger partial charge in [0.25, 0.3) is 10.0 Å². The summed E-state index contributed by atoms with van der Waals surface area (Å²) in [5.41, 5.74) is -4.68. The summed E-state index contributed by atoms with van der Waals surface area (Å²) in [5.74, 6) is -6.29. The number of aliphatic hydroxyl groups excluding tert-OH is 1. The molecule has 11 nitrogen and oxygen atoms in total. The number of anilines is 2. The van der Waals surface area contributed by atoms with Gasteiger partial charge in [0.05, 0.1) is 56.9 Å².